The molecule has 0 saturated carbocycles. The highest BCUT2D eigenvalue weighted by molar-refractivity contribution is 7.88. The fraction of sp³-hybridized carbons (Fsp3) is 0.538. The van der Waals surface area contributed by atoms with E-state index in [0.717, 1.165) is 12.5 Å². The van der Waals surface area contributed by atoms with Gasteiger partial charge in [0.05, 0.1) is 12.5 Å². The highest BCUT2D eigenvalue weighted by atomic mass is 32.2. The lowest BCUT2D eigenvalue weighted by Gasteiger charge is -2.22. The quantitative estimate of drug-likeness (QED) is 0.704. The van der Waals surface area contributed by atoms with Crippen LogP contribution in [0.4, 0.5) is 0 Å². The molecule has 0 unspecified atom stereocenters. The van der Waals surface area contributed by atoms with Crippen molar-refractivity contribution in [1.29, 1.82) is 0 Å². The van der Waals surface area contributed by atoms with Crippen molar-refractivity contribution in [3.05, 3.63) is 29.8 Å². The monoisotopic (exact) mass is 335 g/mol. The highest BCUT2D eigenvalue weighted by Crippen LogP contribution is 2.18. The molecule has 1 aromatic rings. The van der Waals surface area contributed by atoms with Gasteiger partial charge in [0.1, 0.15) is 5.75 Å². The minimum atomic E-state index is -3.60. The van der Waals surface area contributed by atoms with Crippen molar-refractivity contribution in [3.8, 4) is 5.75 Å². The lowest BCUT2D eigenvalue weighted by Crippen LogP contribution is -2.32. The second kappa shape index (κ2) is 6.76. The number of hydrogen-bond acceptors (Lipinski definition) is 5. The Labute approximate surface area is 126 Å². The van der Waals surface area contributed by atoms with Gasteiger partial charge in [-0.25, -0.2) is 8.42 Å². The van der Waals surface area contributed by atoms with Gasteiger partial charge in [0.15, 0.2) is 0 Å². The maximum absolute atomic E-state index is 11.8. The number of nitrogens with zero attached hydrogens (tertiary/aromatic N) is 1. The topological polar surface area (TPSA) is 80.8 Å². The third-order valence-corrected chi connectivity index (χ3v) is 4.25. The van der Waals surface area contributed by atoms with E-state index in [1.54, 1.807) is 12.1 Å². The van der Waals surface area contributed by atoms with Crippen molar-refractivity contribution >= 4 is 20.1 Å². The Balaban J connectivity index is 2.97. The van der Waals surface area contributed by atoms with Gasteiger partial charge in [-0.15, -0.1) is 0 Å². The van der Waals surface area contributed by atoms with Gasteiger partial charge >= 0.3 is 10.1 Å². The largest absolute Gasteiger partial charge is 0.383 e. The van der Waals surface area contributed by atoms with Crippen LogP contribution in [0.3, 0.4) is 0 Å². The van der Waals surface area contributed by atoms with Crippen molar-refractivity contribution in [3.63, 3.8) is 0 Å². The Morgan fingerprint density at radius 1 is 1.14 bits per heavy atom. The number of rotatable bonds is 7. The van der Waals surface area contributed by atoms with E-state index in [1.807, 2.05) is 13.8 Å². The maximum atomic E-state index is 11.8. The van der Waals surface area contributed by atoms with Crippen molar-refractivity contribution < 1.29 is 21.0 Å². The summed E-state index contributed by atoms with van der Waals surface area (Å²) in [7, 11) is -6.93. The summed E-state index contributed by atoms with van der Waals surface area (Å²) in [6, 6.07) is 6.40. The summed E-state index contributed by atoms with van der Waals surface area (Å²) in [6.07, 6.45) is 2.12. The summed E-state index contributed by atoms with van der Waals surface area (Å²) in [5.74, 6) is 0.364. The average Bonchev–Trinajstić information content (AvgIpc) is 2.24. The summed E-state index contributed by atoms with van der Waals surface area (Å²) < 4.78 is 51.9. The molecule has 0 aliphatic carbocycles. The molecule has 0 bridgehead atoms. The second-order valence-electron chi connectivity index (χ2n) is 5.38. The van der Waals surface area contributed by atoms with Crippen LogP contribution in [0.1, 0.15) is 19.4 Å². The van der Waals surface area contributed by atoms with Gasteiger partial charge < -0.3 is 4.18 Å². The first-order valence-corrected chi connectivity index (χ1v) is 10.1. The average molecular weight is 335 g/mol. The minimum Gasteiger partial charge on any atom is -0.383 e. The zero-order chi connectivity index (χ0) is 16.3. The first-order chi connectivity index (χ1) is 9.47. The van der Waals surface area contributed by atoms with Crippen LogP contribution in [0, 0.1) is 5.92 Å². The molecule has 21 heavy (non-hydrogen) atoms. The molecule has 0 atom stereocenters. The molecule has 0 amide bonds. The fourth-order valence-corrected chi connectivity index (χ4v) is 3.20. The van der Waals surface area contributed by atoms with E-state index < -0.39 is 20.1 Å². The zero-order valence-electron chi connectivity index (χ0n) is 12.6. The van der Waals surface area contributed by atoms with Gasteiger partial charge in [0.2, 0.25) is 10.0 Å². The summed E-state index contributed by atoms with van der Waals surface area (Å²) in [5, 5.41) is 0. The van der Waals surface area contributed by atoms with E-state index in [9.17, 15) is 16.8 Å². The molecule has 0 heterocycles. The van der Waals surface area contributed by atoms with Crippen LogP contribution in [0.15, 0.2) is 24.3 Å². The molecule has 0 aromatic heterocycles. The predicted molar refractivity (Wildman–Crippen MR) is 82.0 cm³/mol. The van der Waals surface area contributed by atoms with Crippen LogP contribution in [-0.2, 0) is 26.7 Å². The molecule has 0 spiro atoms. The van der Waals surface area contributed by atoms with Gasteiger partial charge in [0, 0.05) is 13.1 Å². The Bertz CT molecular complexity index is 680. The van der Waals surface area contributed by atoms with Crippen LogP contribution in [0.2, 0.25) is 0 Å². The summed E-state index contributed by atoms with van der Waals surface area (Å²) in [5.41, 5.74) is 0.669. The van der Waals surface area contributed by atoms with Crippen molar-refractivity contribution in [2.45, 2.75) is 20.4 Å². The second-order valence-corrected chi connectivity index (χ2v) is 8.94. The van der Waals surface area contributed by atoms with Crippen LogP contribution < -0.4 is 4.18 Å². The van der Waals surface area contributed by atoms with E-state index in [1.165, 1.54) is 16.4 Å². The number of benzene rings is 1. The van der Waals surface area contributed by atoms with Crippen LogP contribution in [0.25, 0.3) is 0 Å². The standard InChI is InChI=1S/C13H21NO5S2/c1-11(2)9-14(20(3,15)16)10-12-6-5-7-13(8-12)19-21(4,17)18/h5-8,11H,9-10H2,1-4H3. The summed E-state index contributed by atoms with van der Waals surface area (Å²) >= 11 is 0. The normalized spacial score (nSPS) is 12.9. The lowest BCUT2D eigenvalue weighted by molar-refractivity contribution is 0.364. The van der Waals surface area contributed by atoms with Crippen LogP contribution in [0.5, 0.6) is 5.75 Å². The molecule has 0 N–H and O–H groups in total. The Morgan fingerprint density at radius 2 is 1.76 bits per heavy atom. The van der Waals surface area contributed by atoms with Crippen LogP contribution >= 0.6 is 0 Å². The molecule has 1 rings (SSSR count). The SMILES string of the molecule is CC(C)CN(Cc1cccc(OS(C)(=O)=O)c1)S(C)(=O)=O. The molecule has 0 aliphatic rings. The van der Waals surface area contributed by atoms with Gasteiger partial charge in [-0.3, -0.25) is 0 Å². The third kappa shape index (κ3) is 6.92. The molecular weight excluding hydrogens is 314 g/mol. The van der Waals surface area contributed by atoms with Gasteiger partial charge in [-0.1, -0.05) is 26.0 Å². The molecule has 6 nitrogen and oxygen atoms in total. The van der Waals surface area contributed by atoms with Gasteiger partial charge in [-0.2, -0.15) is 12.7 Å². The van der Waals surface area contributed by atoms with Gasteiger partial charge in [-0.05, 0) is 23.6 Å². The van der Waals surface area contributed by atoms with E-state index in [2.05, 4.69) is 0 Å². The van der Waals surface area contributed by atoms with Crippen molar-refractivity contribution in [2.24, 2.45) is 5.92 Å². The third-order valence-electron chi connectivity index (χ3n) is 2.54. The lowest BCUT2D eigenvalue weighted by atomic mass is 10.2. The number of hydrogen-bond donors (Lipinski definition) is 0. The smallest absolute Gasteiger partial charge is 0.306 e. The zero-order valence-corrected chi connectivity index (χ0v) is 14.2. The summed E-state index contributed by atoms with van der Waals surface area (Å²) in [4.78, 5) is 0. The molecule has 1 aromatic carbocycles. The highest BCUT2D eigenvalue weighted by Gasteiger charge is 2.18. The Kier molecular flexibility index (Phi) is 5.77. The molecule has 0 aliphatic heterocycles. The van der Waals surface area contributed by atoms with E-state index >= 15 is 0 Å². The molecule has 8 heteroatoms. The molecule has 120 valence electrons. The van der Waals surface area contributed by atoms with E-state index in [0.29, 0.717) is 12.1 Å². The van der Waals surface area contributed by atoms with Crippen molar-refractivity contribution in [1.82, 2.24) is 4.31 Å². The molecule has 0 saturated heterocycles. The predicted octanol–water partition coefficient (Wildman–Crippen LogP) is 1.44. The molecular formula is C13H21NO5S2. The molecule has 0 radical (unpaired) electrons. The molecule has 0 fully saturated rings. The minimum absolute atomic E-state index is 0.174. The maximum Gasteiger partial charge on any atom is 0.306 e. The van der Waals surface area contributed by atoms with Crippen LogP contribution in [-0.4, -0.2) is 40.2 Å². The first-order valence-electron chi connectivity index (χ1n) is 6.41. The van der Waals surface area contributed by atoms with Gasteiger partial charge in [0.25, 0.3) is 0 Å². The Hall–Kier alpha value is -1.12. The summed E-state index contributed by atoms with van der Waals surface area (Å²) in [6.45, 7) is 4.44. The first kappa shape index (κ1) is 17.9. The van der Waals surface area contributed by atoms with E-state index in [4.69, 9.17) is 4.18 Å². The van der Waals surface area contributed by atoms with Crippen molar-refractivity contribution in [2.75, 3.05) is 19.1 Å². The number of sulfonamides is 1. The van der Waals surface area contributed by atoms with E-state index in [-0.39, 0.29) is 18.2 Å². The fourth-order valence-electron chi connectivity index (χ4n) is 1.80. The Morgan fingerprint density at radius 3 is 2.24 bits per heavy atom.